The van der Waals surface area contributed by atoms with Crippen LogP contribution >= 0.6 is 11.8 Å². The zero-order valence-electron chi connectivity index (χ0n) is 10.2. The molecule has 0 heterocycles. The molecule has 0 radical (unpaired) electrons. The Balaban J connectivity index is 2.61. The van der Waals surface area contributed by atoms with Crippen LogP contribution in [0, 0.1) is 17.4 Å². The van der Waals surface area contributed by atoms with Gasteiger partial charge in [0.05, 0.1) is 6.04 Å². The molecule has 0 spiro atoms. The van der Waals surface area contributed by atoms with E-state index in [-0.39, 0.29) is 0 Å². The first-order valence-electron chi connectivity index (χ1n) is 6.08. The summed E-state index contributed by atoms with van der Waals surface area (Å²) in [5, 5.41) is 12.0. The Hall–Kier alpha value is -0.690. The van der Waals surface area contributed by atoms with Gasteiger partial charge in [0.1, 0.15) is 0 Å². The van der Waals surface area contributed by atoms with Gasteiger partial charge in [0.15, 0.2) is 11.4 Å². The smallest absolute Gasteiger partial charge is 0.183 e. The molecule has 3 nitrogen and oxygen atoms in total. The first-order chi connectivity index (χ1) is 7.81. The van der Waals surface area contributed by atoms with Crippen molar-refractivity contribution in [3.05, 3.63) is 0 Å². The van der Waals surface area contributed by atoms with Gasteiger partial charge in [-0.25, -0.2) is 0 Å². The van der Waals surface area contributed by atoms with Gasteiger partial charge in [-0.05, 0) is 31.4 Å². The maximum atomic E-state index is 8.61. The molecule has 1 N–H and O–H groups in total. The van der Waals surface area contributed by atoms with E-state index in [9.17, 15) is 0 Å². The lowest BCUT2D eigenvalue weighted by atomic mass is 9.83. The van der Waals surface area contributed by atoms with E-state index in [1.165, 1.54) is 43.9 Å². The van der Waals surface area contributed by atoms with Gasteiger partial charge in [-0.2, -0.15) is 5.26 Å². The predicted octanol–water partition coefficient (Wildman–Crippen LogP) is 3.13. The summed E-state index contributed by atoms with van der Waals surface area (Å²) < 4.78 is 0. The van der Waals surface area contributed by atoms with Gasteiger partial charge in [0.2, 0.25) is 0 Å². The summed E-state index contributed by atoms with van der Waals surface area (Å²) in [6, 6.07) is 0.392. The van der Waals surface area contributed by atoms with Crippen LogP contribution in [-0.4, -0.2) is 17.5 Å². The summed E-state index contributed by atoms with van der Waals surface area (Å²) in [6.07, 6.45) is 11.6. The minimum absolute atomic E-state index is 0.392. The minimum atomic E-state index is 0.392. The van der Waals surface area contributed by atoms with Gasteiger partial charge < -0.3 is 0 Å². The molecular formula is C12H21N3S. The molecule has 4 heteroatoms. The molecule has 1 aliphatic rings. The highest BCUT2D eigenvalue weighted by Gasteiger charge is 2.22. The van der Waals surface area contributed by atoms with E-state index in [1.54, 1.807) is 0 Å². The van der Waals surface area contributed by atoms with Crippen molar-refractivity contribution in [1.82, 2.24) is 5.32 Å². The molecule has 0 saturated heterocycles. The third-order valence-electron chi connectivity index (χ3n) is 3.25. The van der Waals surface area contributed by atoms with Crippen LogP contribution in [0.3, 0.4) is 0 Å². The maximum absolute atomic E-state index is 8.61. The largest absolute Gasteiger partial charge is 0.272 e. The van der Waals surface area contributed by atoms with Crippen LogP contribution in [0.15, 0.2) is 4.99 Å². The van der Waals surface area contributed by atoms with E-state index in [0.717, 1.165) is 17.5 Å². The normalized spacial score (nSPS) is 20.2. The van der Waals surface area contributed by atoms with E-state index >= 15 is 0 Å². The number of nitrogens with zero attached hydrogens (tertiary/aromatic N) is 2. The number of nitrogens with one attached hydrogen (secondary N) is 1. The molecule has 16 heavy (non-hydrogen) atoms. The average molecular weight is 239 g/mol. The molecule has 0 unspecified atom stereocenters. The molecule has 1 rings (SSSR count). The molecule has 1 atom stereocenters. The van der Waals surface area contributed by atoms with Crippen LogP contribution in [0.2, 0.25) is 0 Å². The third-order valence-corrected chi connectivity index (χ3v) is 3.85. The summed E-state index contributed by atoms with van der Waals surface area (Å²) in [5.74, 6) is 0.724. The standard InChI is InChI=1S/C12H21N3S/c1-3-11(10-7-5-4-6-8-10)15-12(16-2)14-9-13/h10-11H,3-8H2,1-2H3,(H,14,15)/t11-/m0/s1. The van der Waals surface area contributed by atoms with Crippen molar-refractivity contribution in [3.63, 3.8) is 0 Å². The average Bonchev–Trinajstić information content (AvgIpc) is 2.35. The number of aliphatic imine (C=N–C) groups is 1. The minimum Gasteiger partial charge on any atom is -0.272 e. The fraction of sp³-hybridized carbons (Fsp3) is 0.833. The van der Waals surface area contributed by atoms with Gasteiger partial charge in [0.25, 0.3) is 0 Å². The molecule has 0 amide bonds. The Morgan fingerprint density at radius 1 is 1.50 bits per heavy atom. The molecule has 0 aliphatic heterocycles. The zero-order chi connectivity index (χ0) is 11.8. The maximum Gasteiger partial charge on any atom is 0.183 e. The molecule has 0 aromatic heterocycles. The molecular weight excluding hydrogens is 218 g/mol. The summed E-state index contributed by atoms with van der Waals surface area (Å²) in [5.41, 5.74) is 0. The topological polar surface area (TPSA) is 48.2 Å². The molecule has 1 aliphatic carbocycles. The number of rotatable bonds is 3. The van der Waals surface area contributed by atoms with Crippen LogP contribution < -0.4 is 5.32 Å². The van der Waals surface area contributed by atoms with Gasteiger partial charge in [-0.1, -0.05) is 37.9 Å². The summed E-state index contributed by atoms with van der Waals surface area (Å²) in [4.78, 5) is 4.67. The SMILES string of the molecule is CC[C@H](N=C(NC#N)SC)C1CCCCC1. The Morgan fingerprint density at radius 3 is 2.69 bits per heavy atom. The van der Waals surface area contributed by atoms with Crippen molar-refractivity contribution in [2.45, 2.75) is 51.5 Å². The fourth-order valence-electron chi connectivity index (χ4n) is 2.38. The second-order valence-corrected chi connectivity index (χ2v) is 5.04. The molecule has 90 valence electrons. The van der Waals surface area contributed by atoms with Gasteiger partial charge in [0, 0.05) is 0 Å². The summed E-state index contributed by atoms with van der Waals surface area (Å²) in [7, 11) is 0. The number of nitriles is 1. The number of amidine groups is 1. The predicted molar refractivity (Wildman–Crippen MR) is 70.4 cm³/mol. The summed E-state index contributed by atoms with van der Waals surface area (Å²) in [6.45, 7) is 2.19. The van der Waals surface area contributed by atoms with Crippen molar-refractivity contribution < 1.29 is 0 Å². The van der Waals surface area contributed by atoms with E-state index < -0.39 is 0 Å². The third kappa shape index (κ3) is 4.05. The Kier molecular flexibility index (Phi) is 6.32. The highest BCUT2D eigenvalue weighted by molar-refractivity contribution is 8.13. The van der Waals surface area contributed by atoms with Crippen LogP contribution in [0.4, 0.5) is 0 Å². The fourth-order valence-corrected chi connectivity index (χ4v) is 2.77. The number of hydrogen-bond acceptors (Lipinski definition) is 3. The summed E-state index contributed by atoms with van der Waals surface area (Å²) >= 11 is 1.52. The molecule has 1 fully saturated rings. The highest BCUT2D eigenvalue weighted by Crippen LogP contribution is 2.29. The van der Waals surface area contributed by atoms with E-state index in [4.69, 9.17) is 5.26 Å². The Bertz CT molecular complexity index is 264. The lowest BCUT2D eigenvalue weighted by Crippen LogP contribution is -2.24. The Morgan fingerprint density at radius 2 is 2.19 bits per heavy atom. The van der Waals surface area contributed by atoms with Crippen LogP contribution in [-0.2, 0) is 0 Å². The quantitative estimate of drug-likeness (QED) is 0.356. The number of hydrogen-bond donors (Lipinski definition) is 1. The van der Waals surface area contributed by atoms with E-state index in [0.29, 0.717) is 6.04 Å². The first kappa shape index (κ1) is 13.4. The number of thioether (sulfide) groups is 1. The van der Waals surface area contributed by atoms with Crippen LogP contribution in [0.5, 0.6) is 0 Å². The second-order valence-electron chi connectivity index (χ2n) is 4.25. The second kappa shape index (κ2) is 7.56. The molecule has 0 aromatic rings. The van der Waals surface area contributed by atoms with Crippen LogP contribution in [0.25, 0.3) is 0 Å². The van der Waals surface area contributed by atoms with Crippen molar-refractivity contribution in [1.29, 1.82) is 5.26 Å². The Labute approximate surface area is 103 Å². The van der Waals surface area contributed by atoms with Gasteiger partial charge >= 0.3 is 0 Å². The van der Waals surface area contributed by atoms with Crippen molar-refractivity contribution in [2.75, 3.05) is 6.26 Å². The zero-order valence-corrected chi connectivity index (χ0v) is 11.0. The van der Waals surface area contributed by atoms with Crippen molar-refractivity contribution in [2.24, 2.45) is 10.9 Å². The van der Waals surface area contributed by atoms with Crippen LogP contribution in [0.1, 0.15) is 45.4 Å². The molecule has 0 aromatic carbocycles. The van der Waals surface area contributed by atoms with Gasteiger partial charge in [-0.3, -0.25) is 10.3 Å². The highest BCUT2D eigenvalue weighted by atomic mass is 32.2. The van der Waals surface area contributed by atoms with Gasteiger partial charge in [-0.15, -0.1) is 0 Å². The van der Waals surface area contributed by atoms with E-state index in [2.05, 4.69) is 17.2 Å². The monoisotopic (exact) mass is 239 g/mol. The van der Waals surface area contributed by atoms with E-state index in [1.807, 2.05) is 12.4 Å². The molecule has 1 saturated carbocycles. The molecule has 0 bridgehead atoms. The first-order valence-corrected chi connectivity index (χ1v) is 7.31. The van der Waals surface area contributed by atoms with Crippen molar-refractivity contribution in [3.8, 4) is 6.19 Å². The lowest BCUT2D eigenvalue weighted by molar-refractivity contribution is 0.301. The lowest BCUT2D eigenvalue weighted by Gasteiger charge is -2.27. The van der Waals surface area contributed by atoms with Crippen molar-refractivity contribution >= 4 is 16.9 Å².